The molecular formula is C13H25NO2Si. The molecule has 0 saturated carbocycles. The number of hydrogen-bond donors (Lipinski definition) is 1. The van der Waals surface area contributed by atoms with Crippen LogP contribution in [0.1, 0.15) is 27.7 Å². The molecule has 1 unspecified atom stereocenters. The summed E-state index contributed by atoms with van der Waals surface area (Å²) in [6, 6.07) is 0. The Morgan fingerprint density at radius 1 is 1.47 bits per heavy atom. The van der Waals surface area contributed by atoms with E-state index in [-0.39, 0.29) is 5.04 Å². The van der Waals surface area contributed by atoms with Gasteiger partial charge >= 0.3 is 0 Å². The average Bonchev–Trinajstić information content (AvgIpc) is 2.18. The Kier molecular flexibility index (Phi) is 4.33. The predicted molar refractivity (Wildman–Crippen MR) is 75.2 cm³/mol. The molecule has 0 radical (unpaired) electrons. The SMILES string of the molecule is CC1=CC(CO[Si](C)(C)C(C)(C)C)=NCC1O. The van der Waals surface area contributed by atoms with Crippen LogP contribution in [0.25, 0.3) is 0 Å². The number of aliphatic hydroxyl groups is 1. The molecule has 0 bridgehead atoms. The van der Waals surface area contributed by atoms with Crippen LogP contribution in [-0.4, -0.2) is 38.4 Å². The van der Waals surface area contributed by atoms with E-state index in [0.29, 0.717) is 13.2 Å². The Balaban J connectivity index is 2.59. The second kappa shape index (κ2) is 5.04. The molecule has 0 aromatic heterocycles. The molecule has 4 heteroatoms. The second-order valence-electron chi connectivity index (χ2n) is 6.29. The fourth-order valence-corrected chi connectivity index (χ4v) is 2.25. The van der Waals surface area contributed by atoms with Gasteiger partial charge in [-0.1, -0.05) is 20.8 Å². The molecule has 0 aromatic carbocycles. The number of aliphatic imine (C=N–C) groups is 1. The molecule has 1 rings (SSSR count). The lowest BCUT2D eigenvalue weighted by molar-refractivity contribution is 0.217. The van der Waals surface area contributed by atoms with Gasteiger partial charge in [0.05, 0.1) is 25.0 Å². The summed E-state index contributed by atoms with van der Waals surface area (Å²) >= 11 is 0. The highest BCUT2D eigenvalue weighted by Crippen LogP contribution is 2.36. The fourth-order valence-electron chi connectivity index (χ4n) is 1.31. The minimum absolute atomic E-state index is 0.223. The minimum Gasteiger partial charge on any atom is -0.411 e. The number of hydrogen-bond acceptors (Lipinski definition) is 3. The highest BCUT2D eigenvalue weighted by molar-refractivity contribution is 6.74. The summed E-state index contributed by atoms with van der Waals surface area (Å²) in [5, 5.41) is 9.77. The van der Waals surface area contributed by atoms with E-state index < -0.39 is 14.4 Å². The molecule has 1 aliphatic rings. The maximum absolute atomic E-state index is 9.55. The van der Waals surface area contributed by atoms with Gasteiger partial charge in [-0.2, -0.15) is 0 Å². The average molecular weight is 255 g/mol. The maximum atomic E-state index is 9.55. The normalized spacial score (nSPS) is 22.2. The Labute approximate surface area is 106 Å². The van der Waals surface area contributed by atoms with Crippen molar-refractivity contribution in [1.82, 2.24) is 0 Å². The zero-order valence-corrected chi connectivity index (χ0v) is 12.9. The van der Waals surface area contributed by atoms with Crippen molar-refractivity contribution >= 4 is 14.0 Å². The molecule has 1 N–H and O–H groups in total. The number of aliphatic hydroxyl groups excluding tert-OH is 1. The lowest BCUT2D eigenvalue weighted by atomic mass is 10.1. The van der Waals surface area contributed by atoms with Gasteiger partial charge in [-0.3, -0.25) is 4.99 Å². The summed E-state index contributed by atoms with van der Waals surface area (Å²) in [4.78, 5) is 4.33. The van der Waals surface area contributed by atoms with E-state index in [4.69, 9.17) is 4.43 Å². The van der Waals surface area contributed by atoms with Gasteiger partial charge in [0.15, 0.2) is 8.32 Å². The first-order valence-corrected chi connectivity index (χ1v) is 9.08. The third-order valence-electron chi connectivity index (χ3n) is 3.77. The summed E-state index contributed by atoms with van der Waals surface area (Å²) in [7, 11) is -1.70. The predicted octanol–water partition coefficient (Wildman–Crippen LogP) is 2.77. The molecule has 3 nitrogen and oxygen atoms in total. The van der Waals surface area contributed by atoms with Crippen molar-refractivity contribution in [3.05, 3.63) is 11.6 Å². The molecule has 0 spiro atoms. The Morgan fingerprint density at radius 3 is 2.53 bits per heavy atom. The first-order chi connectivity index (χ1) is 7.63. The molecule has 1 aliphatic heterocycles. The largest absolute Gasteiger partial charge is 0.411 e. The highest BCUT2D eigenvalue weighted by atomic mass is 28.4. The van der Waals surface area contributed by atoms with E-state index in [9.17, 15) is 5.11 Å². The van der Waals surface area contributed by atoms with E-state index in [1.54, 1.807) is 0 Å². The van der Waals surface area contributed by atoms with Crippen molar-refractivity contribution in [2.24, 2.45) is 4.99 Å². The zero-order chi connectivity index (χ0) is 13.3. The van der Waals surface area contributed by atoms with Crippen LogP contribution >= 0.6 is 0 Å². The first kappa shape index (κ1) is 14.6. The van der Waals surface area contributed by atoms with Crippen LogP contribution in [0.3, 0.4) is 0 Å². The van der Waals surface area contributed by atoms with E-state index in [0.717, 1.165) is 11.3 Å². The standard InChI is InChI=1S/C13H25NO2Si/c1-10-7-11(14-8-12(10)15)9-16-17(5,6)13(2,3)4/h7,12,15H,8-9H2,1-6H3. The molecule has 0 aromatic rings. The van der Waals surface area contributed by atoms with Gasteiger partial charge in [0, 0.05) is 0 Å². The molecule has 0 aliphatic carbocycles. The van der Waals surface area contributed by atoms with Gasteiger partial charge < -0.3 is 9.53 Å². The van der Waals surface area contributed by atoms with E-state index in [1.807, 2.05) is 13.0 Å². The quantitative estimate of drug-likeness (QED) is 0.788. The molecule has 1 atom stereocenters. The summed E-state index contributed by atoms with van der Waals surface area (Å²) in [5.41, 5.74) is 1.94. The van der Waals surface area contributed by atoms with Gasteiger partial charge in [-0.15, -0.1) is 0 Å². The summed E-state index contributed by atoms with van der Waals surface area (Å²) < 4.78 is 6.10. The Hall–Kier alpha value is -0.453. The van der Waals surface area contributed by atoms with Crippen molar-refractivity contribution in [2.75, 3.05) is 13.2 Å². The molecular weight excluding hydrogens is 230 g/mol. The van der Waals surface area contributed by atoms with E-state index in [1.165, 1.54) is 0 Å². The topological polar surface area (TPSA) is 41.8 Å². The lowest BCUT2D eigenvalue weighted by Crippen LogP contribution is -2.42. The second-order valence-corrected chi connectivity index (χ2v) is 11.1. The van der Waals surface area contributed by atoms with Gasteiger partial charge in [0.25, 0.3) is 0 Å². The van der Waals surface area contributed by atoms with Crippen molar-refractivity contribution < 1.29 is 9.53 Å². The monoisotopic (exact) mass is 255 g/mol. The summed E-state index contributed by atoms with van der Waals surface area (Å²) in [6.07, 6.45) is 1.54. The summed E-state index contributed by atoms with van der Waals surface area (Å²) in [6.45, 7) is 14.1. The molecule has 0 saturated heterocycles. The Morgan fingerprint density at radius 2 is 2.06 bits per heavy atom. The van der Waals surface area contributed by atoms with Gasteiger partial charge in [0.1, 0.15) is 0 Å². The zero-order valence-electron chi connectivity index (χ0n) is 11.9. The first-order valence-electron chi connectivity index (χ1n) is 6.17. The van der Waals surface area contributed by atoms with E-state index in [2.05, 4.69) is 38.9 Å². The lowest BCUT2D eigenvalue weighted by Gasteiger charge is -2.36. The Bertz CT molecular complexity index is 340. The highest BCUT2D eigenvalue weighted by Gasteiger charge is 2.37. The van der Waals surface area contributed by atoms with Gasteiger partial charge in [-0.05, 0) is 36.7 Å². The molecule has 1 heterocycles. The molecule has 0 fully saturated rings. The van der Waals surface area contributed by atoms with Crippen LogP contribution in [0, 0.1) is 0 Å². The fraction of sp³-hybridized carbons (Fsp3) is 0.769. The van der Waals surface area contributed by atoms with Gasteiger partial charge in [0.2, 0.25) is 0 Å². The maximum Gasteiger partial charge on any atom is 0.192 e. The van der Waals surface area contributed by atoms with Crippen LogP contribution in [0.15, 0.2) is 16.6 Å². The minimum atomic E-state index is -1.70. The third kappa shape index (κ3) is 3.76. The van der Waals surface area contributed by atoms with Crippen LogP contribution in [-0.2, 0) is 4.43 Å². The van der Waals surface area contributed by atoms with Crippen molar-refractivity contribution in [3.63, 3.8) is 0 Å². The van der Waals surface area contributed by atoms with Crippen LogP contribution in [0.2, 0.25) is 18.1 Å². The molecule has 17 heavy (non-hydrogen) atoms. The van der Waals surface area contributed by atoms with Crippen molar-refractivity contribution in [2.45, 2.75) is 51.9 Å². The van der Waals surface area contributed by atoms with Crippen molar-refractivity contribution in [3.8, 4) is 0 Å². The van der Waals surface area contributed by atoms with Crippen LogP contribution < -0.4 is 0 Å². The van der Waals surface area contributed by atoms with Crippen LogP contribution in [0.5, 0.6) is 0 Å². The smallest absolute Gasteiger partial charge is 0.192 e. The van der Waals surface area contributed by atoms with Crippen LogP contribution in [0.4, 0.5) is 0 Å². The molecule has 98 valence electrons. The number of nitrogens with zero attached hydrogens (tertiary/aromatic N) is 1. The summed E-state index contributed by atoms with van der Waals surface area (Å²) in [5.74, 6) is 0. The van der Waals surface area contributed by atoms with Crippen molar-refractivity contribution in [1.29, 1.82) is 0 Å². The number of rotatable bonds is 3. The van der Waals surface area contributed by atoms with Gasteiger partial charge in [-0.25, -0.2) is 0 Å². The number of dihydropyridines is 1. The van der Waals surface area contributed by atoms with E-state index >= 15 is 0 Å². The molecule has 0 amide bonds. The third-order valence-corrected chi connectivity index (χ3v) is 8.25.